The average molecular weight is 557 g/mol. The van der Waals surface area contributed by atoms with Crippen molar-refractivity contribution >= 4 is 0 Å². The zero-order valence-electron chi connectivity index (χ0n) is 17.5. The van der Waals surface area contributed by atoms with Crippen LogP contribution in [0, 0.1) is 46.5 Å². The molecule has 17 heteroatoms. The number of rotatable bonds is 4. The monoisotopic (exact) mass is 557 g/mol. The molecule has 0 saturated heterocycles. The summed E-state index contributed by atoms with van der Waals surface area (Å²) in [4.78, 5) is 0. The Labute approximate surface area is 190 Å². The lowest BCUT2D eigenvalue weighted by atomic mass is 9.88. The van der Waals surface area contributed by atoms with Crippen LogP contribution >= 0.6 is 0 Å². The maximum atomic E-state index is 13.9. The molecule has 0 spiro atoms. The van der Waals surface area contributed by atoms with E-state index in [1.807, 2.05) is 7.05 Å². The van der Waals surface area contributed by atoms with E-state index in [4.69, 9.17) is 0 Å². The van der Waals surface area contributed by atoms with E-state index in [0.29, 0.717) is 0 Å². The van der Waals surface area contributed by atoms with Gasteiger partial charge < -0.3 is 5.32 Å². The fraction of sp³-hybridized carbons (Fsp3) is 0.368. The lowest BCUT2D eigenvalue weighted by Gasteiger charge is -2.26. The summed E-state index contributed by atoms with van der Waals surface area (Å²) in [5, 5.41) is 3.02. The SMILES string of the molecule is CCCNC.Fc1c(F)c(F)c(-c2c(C(F)(F)F)c(F)c(F)c(F)c2C(F)(F)C(F)(F)F)c(F)c1F. The standard InChI is InChI=1S/C15F16.C4H11N/c16-5-2(6(17)10(21)12(23)9(5)20)1-3(13(24,25)15(29,30)31)7(18)11(22)8(19)4(1)14(26,27)28;1-3-4-5-2/h;5H,3-4H2,1-2H3. The fourth-order valence-corrected chi connectivity index (χ4v) is 2.69. The lowest BCUT2D eigenvalue weighted by molar-refractivity contribution is -0.290. The Bertz CT molecular complexity index is 1090. The van der Waals surface area contributed by atoms with Crippen molar-refractivity contribution in [3.63, 3.8) is 0 Å². The van der Waals surface area contributed by atoms with Crippen molar-refractivity contribution in [1.82, 2.24) is 5.32 Å². The van der Waals surface area contributed by atoms with E-state index < -0.39 is 87.1 Å². The summed E-state index contributed by atoms with van der Waals surface area (Å²) in [7, 11) is 1.96. The molecule has 2 aromatic carbocycles. The highest BCUT2D eigenvalue weighted by Crippen LogP contribution is 2.53. The maximum Gasteiger partial charge on any atom is 0.458 e. The van der Waals surface area contributed by atoms with Crippen molar-refractivity contribution in [2.24, 2.45) is 0 Å². The van der Waals surface area contributed by atoms with Gasteiger partial charge in [-0.1, -0.05) is 6.92 Å². The minimum Gasteiger partial charge on any atom is -0.320 e. The summed E-state index contributed by atoms with van der Waals surface area (Å²) >= 11 is 0. The molecular weight excluding hydrogens is 546 g/mol. The molecule has 36 heavy (non-hydrogen) atoms. The quantitative estimate of drug-likeness (QED) is 0.230. The molecule has 0 saturated carbocycles. The Balaban J connectivity index is 0.00000118. The molecule has 2 aromatic rings. The zero-order valence-corrected chi connectivity index (χ0v) is 17.5. The van der Waals surface area contributed by atoms with Gasteiger partial charge >= 0.3 is 18.3 Å². The van der Waals surface area contributed by atoms with Crippen molar-refractivity contribution < 1.29 is 70.2 Å². The van der Waals surface area contributed by atoms with Crippen LogP contribution < -0.4 is 5.32 Å². The molecule has 204 valence electrons. The second-order valence-electron chi connectivity index (χ2n) is 6.69. The van der Waals surface area contributed by atoms with Gasteiger partial charge in [0, 0.05) is 5.56 Å². The summed E-state index contributed by atoms with van der Waals surface area (Å²) in [5.74, 6) is -34.1. The first kappa shape index (κ1) is 31.3. The van der Waals surface area contributed by atoms with Crippen LogP contribution in [-0.4, -0.2) is 19.8 Å². The summed E-state index contributed by atoms with van der Waals surface area (Å²) in [5.41, 5.74) is -14.2. The van der Waals surface area contributed by atoms with Gasteiger partial charge in [0.25, 0.3) is 0 Å². The third kappa shape index (κ3) is 5.49. The molecule has 0 aromatic heterocycles. The van der Waals surface area contributed by atoms with Crippen molar-refractivity contribution in [2.75, 3.05) is 13.6 Å². The molecule has 0 bridgehead atoms. The van der Waals surface area contributed by atoms with E-state index in [0.717, 1.165) is 6.54 Å². The molecule has 0 amide bonds. The Kier molecular flexibility index (Phi) is 9.32. The van der Waals surface area contributed by atoms with Crippen LogP contribution in [0.25, 0.3) is 11.1 Å². The van der Waals surface area contributed by atoms with Gasteiger partial charge in [-0.05, 0) is 20.0 Å². The number of nitrogens with one attached hydrogen (secondary N) is 1. The van der Waals surface area contributed by atoms with Gasteiger partial charge in [-0.2, -0.15) is 35.1 Å². The average Bonchev–Trinajstić information content (AvgIpc) is 2.74. The summed E-state index contributed by atoms with van der Waals surface area (Å²) in [6.07, 6.45) is -12.5. The molecular formula is C19H11F16N. The molecule has 0 unspecified atom stereocenters. The highest BCUT2D eigenvalue weighted by Gasteiger charge is 2.63. The second-order valence-corrected chi connectivity index (χ2v) is 6.69. The van der Waals surface area contributed by atoms with Crippen LogP contribution in [0.5, 0.6) is 0 Å². The Morgan fingerprint density at radius 1 is 0.528 bits per heavy atom. The van der Waals surface area contributed by atoms with E-state index in [1.165, 1.54) is 6.42 Å². The van der Waals surface area contributed by atoms with Gasteiger partial charge in [0.05, 0.1) is 11.1 Å². The van der Waals surface area contributed by atoms with E-state index in [1.54, 1.807) is 0 Å². The number of hydrogen-bond acceptors (Lipinski definition) is 1. The second kappa shape index (κ2) is 10.7. The van der Waals surface area contributed by atoms with Crippen molar-refractivity contribution in [2.45, 2.75) is 31.6 Å². The molecule has 0 radical (unpaired) electrons. The molecule has 0 heterocycles. The van der Waals surface area contributed by atoms with Gasteiger partial charge in [0.1, 0.15) is 5.56 Å². The first-order chi connectivity index (χ1) is 16.2. The van der Waals surface area contributed by atoms with Gasteiger partial charge in [-0.3, -0.25) is 0 Å². The predicted molar refractivity (Wildman–Crippen MR) is 90.7 cm³/mol. The predicted octanol–water partition coefficient (Wildman–Crippen LogP) is 7.76. The smallest absolute Gasteiger partial charge is 0.320 e. The normalized spacial score (nSPS) is 12.5. The lowest BCUT2D eigenvalue weighted by Crippen LogP contribution is -2.36. The minimum atomic E-state index is -7.10. The molecule has 0 aliphatic carbocycles. The zero-order chi connectivity index (χ0) is 28.5. The van der Waals surface area contributed by atoms with Crippen LogP contribution in [0.4, 0.5) is 70.2 Å². The van der Waals surface area contributed by atoms with E-state index in [9.17, 15) is 70.2 Å². The number of alkyl halides is 8. The van der Waals surface area contributed by atoms with Crippen LogP contribution in [-0.2, 0) is 12.1 Å². The van der Waals surface area contributed by atoms with Gasteiger partial charge in [0.15, 0.2) is 40.7 Å². The highest BCUT2D eigenvalue weighted by molar-refractivity contribution is 5.75. The third-order valence-corrected chi connectivity index (χ3v) is 4.24. The molecule has 2 rings (SSSR count). The molecule has 0 aliphatic heterocycles. The Hall–Kier alpha value is -2.72. The van der Waals surface area contributed by atoms with E-state index in [2.05, 4.69) is 12.2 Å². The largest absolute Gasteiger partial charge is 0.458 e. The summed E-state index contributed by atoms with van der Waals surface area (Å²) in [6, 6.07) is 0. The van der Waals surface area contributed by atoms with Gasteiger partial charge in [0.2, 0.25) is 5.82 Å². The molecule has 0 fully saturated rings. The first-order valence-electron chi connectivity index (χ1n) is 9.08. The minimum absolute atomic E-state index is 1.14. The Morgan fingerprint density at radius 3 is 1.19 bits per heavy atom. The maximum absolute atomic E-state index is 13.9. The van der Waals surface area contributed by atoms with Crippen LogP contribution in [0.3, 0.4) is 0 Å². The summed E-state index contributed by atoms with van der Waals surface area (Å²) < 4.78 is 214. The topological polar surface area (TPSA) is 12.0 Å². The molecule has 1 N–H and O–H groups in total. The van der Waals surface area contributed by atoms with Crippen molar-refractivity contribution in [3.8, 4) is 11.1 Å². The fourth-order valence-electron chi connectivity index (χ4n) is 2.69. The molecule has 1 nitrogen and oxygen atoms in total. The number of halogens is 16. The van der Waals surface area contributed by atoms with E-state index >= 15 is 0 Å². The van der Waals surface area contributed by atoms with Crippen LogP contribution in [0.15, 0.2) is 0 Å². The number of benzene rings is 2. The van der Waals surface area contributed by atoms with Gasteiger partial charge in [-0.25, -0.2) is 35.1 Å². The van der Waals surface area contributed by atoms with E-state index in [-0.39, 0.29) is 0 Å². The molecule has 0 atom stereocenters. The van der Waals surface area contributed by atoms with Crippen molar-refractivity contribution in [3.05, 3.63) is 57.7 Å². The van der Waals surface area contributed by atoms with Crippen LogP contribution in [0.1, 0.15) is 24.5 Å². The third-order valence-electron chi connectivity index (χ3n) is 4.24. The van der Waals surface area contributed by atoms with Gasteiger partial charge in [-0.15, -0.1) is 0 Å². The van der Waals surface area contributed by atoms with Crippen molar-refractivity contribution in [1.29, 1.82) is 0 Å². The molecule has 0 aliphatic rings. The number of hydrogen-bond donors (Lipinski definition) is 1. The van der Waals surface area contributed by atoms with Crippen LogP contribution in [0.2, 0.25) is 0 Å². The Morgan fingerprint density at radius 2 is 0.889 bits per heavy atom. The first-order valence-corrected chi connectivity index (χ1v) is 9.08. The highest BCUT2D eigenvalue weighted by atomic mass is 19.4. The summed E-state index contributed by atoms with van der Waals surface area (Å²) in [6.45, 7) is 3.29.